The molecule has 3 aromatic rings. The number of nitrogens with zero attached hydrogens (tertiary/aromatic N) is 1. The molecule has 2 heterocycles. The lowest BCUT2D eigenvalue weighted by molar-refractivity contribution is -0.0429. The van der Waals surface area contributed by atoms with E-state index in [1.165, 1.54) is 70.5 Å². The van der Waals surface area contributed by atoms with Crippen molar-refractivity contribution in [3.8, 4) is 21.8 Å². The first kappa shape index (κ1) is 22.6. The molecular formula is C17H13F3N2O4S4. The summed E-state index contributed by atoms with van der Waals surface area (Å²) in [5, 5.41) is 2.44. The van der Waals surface area contributed by atoms with Crippen LogP contribution in [0.5, 0.6) is 0 Å². The van der Waals surface area contributed by atoms with Crippen molar-refractivity contribution in [1.29, 1.82) is 0 Å². The predicted octanol–water partition coefficient (Wildman–Crippen LogP) is 5.31. The number of halogens is 3. The van der Waals surface area contributed by atoms with Crippen LogP contribution in [0.15, 0.2) is 39.9 Å². The summed E-state index contributed by atoms with van der Waals surface area (Å²) in [6, 6.07) is 7.10. The third kappa shape index (κ3) is 4.63. The number of nitrogens with one attached hydrogen (secondary N) is 1. The van der Waals surface area contributed by atoms with Gasteiger partial charge in [0.1, 0.15) is 9.88 Å². The molecule has 1 N–H and O–H groups in total. The molecule has 30 heavy (non-hydrogen) atoms. The number of thiazole rings is 1. The van der Waals surface area contributed by atoms with E-state index in [0.717, 1.165) is 9.77 Å². The van der Waals surface area contributed by atoms with Crippen LogP contribution in [0.25, 0.3) is 21.8 Å². The minimum absolute atomic E-state index is 0.211. The number of esters is 1. The van der Waals surface area contributed by atoms with E-state index < -0.39 is 21.5 Å². The van der Waals surface area contributed by atoms with Crippen molar-refractivity contribution in [1.82, 2.24) is 4.98 Å². The van der Waals surface area contributed by atoms with Crippen molar-refractivity contribution < 1.29 is 31.1 Å². The summed E-state index contributed by atoms with van der Waals surface area (Å²) >= 11 is 4.12. The SMILES string of the molecule is COC(=O)c1cc(-c2nc(-c3ccc(NS(=O)(=O)C(F)(F)F)cc3)cs2)c(SC)s1. The molecule has 0 saturated carbocycles. The van der Waals surface area contributed by atoms with Gasteiger partial charge in [-0.25, -0.2) is 9.78 Å². The van der Waals surface area contributed by atoms with E-state index in [1.54, 1.807) is 11.4 Å². The minimum atomic E-state index is -5.48. The second-order valence-electron chi connectivity index (χ2n) is 5.67. The summed E-state index contributed by atoms with van der Waals surface area (Å²) in [6.45, 7) is 0. The number of ether oxygens (including phenoxy) is 1. The second-order valence-corrected chi connectivity index (χ2v) is 10.3. The first-order valence-corrected chi connectivity index (χ1v) is 12.4. The Balaban J connectivity index is 1.85. The highest BCUT2D eigenvalue weighted by molar-refractivity contribution is 8.00. The molecule has 0 saturated heterocycles. The molecule has 0 bridgehead atoms. The Morgan fingerprint density at radius 2 is 1.90 bits per heavy atom. The van der Waals surface area contributed by atoms with Crippen molar-refractivity contribution in [2.24, 2.45) is 0 Å². The Morgan fingerprint density at radius 1 is 1.23 bits per heavy atom. The standard InChI is InChI=1S/C17H13F3N2O4S4/c1-26-15(23)13-7-11(16(27-2)29-13)14-21-12(8-28-14)9-3-5-10(6-4-9)22-30(24,25)17(18,19)20/h3-8,22H,1-2H3. The average molecular weight is 495 g/mol. The number of alkyl halides is 3. The van der Waals surface area contributed by atoms with Gasteiger partial charge in [0.15, 0.2) is 0 Å². The molecular weight excluding hydrogens is 481 g/mol. The maximum atomic E-state index is 12.5. The Morgan fingerprint density at radius 3 is 2.47 bits per heavy atom. The van der Waals surface area contributed by atoms with E-state index in [4.69, 9.17) is 4.74 Å². The molecule has 13 heteroatoms. The van der Waals surface area contributed by atoms with Crippen LogP contribution in [0.4, 0.5) is 18.9 Å². The summed E-state index contributed by atoms with van der Waals surface area (Å²) in [6.07, 6.45) is 1.88. The molecule has 0 aliphatic heterocycles. The summed E-state index contributed by atoms with van der Waals surface area (Å²) in [7, 11) is -4.17. The number of anilines is 1. The predicted molar refractivity (Wildman–Crippen MR) is 113 cm³/mol. The molecule has 2 aromatic heterocycles. The molecule has 0 atom stereocenters. The number of rotatable bonds is 6. The average Bonchev–Trinajstić information content (AvgIpc) is 3.33. The summed E-state index contributed by atoms with van der Waals surface area (Å²) in [4.78, 5) is 16.8. The molecule has 6 nitrogen and oxygen atoms in total. The van der Waals surface area contributed by atoms with Crippen molar-refractivity contribution in [3.05, 3.63) is 40.6 Å². The zero-order chi connectivity index (χ0) is 22.1. The number of thioether (sulfide) groups is 1. The van der Waals surface area contributed by atoms with Crippen molar-refractivity contribution in [3.63, 3.8) is 0 Å². The van der Waals surface area contributed by atoms with E-state index in [2.05, 4.69) is 4.98 Å². The number of methoxy groups -OCH3 is 1. The van der Waals surface area contributed by atoms with Gasteiger partial charge in [-0.1, -0.05) is 12.1 Å². The van der Waals surface area contributed by atoms with E-state index in [0.29, 0.717) is 21.1 Å². The Labute approximate surface area is 182 Å². The lowest BCUT2D eigenvalue weighted by Crippen LogP contribution is -2.29. The van der Waals surface area contributed by atoms with Gasteiger partial charge in [0, 0.05) is 22.2 Å². The number of benzene rings is 1. The monoisotopic (exact) mass is 494 g/mol. The molecule has 160 valence electrons. The third-order valence-corrected chi connectivity index (χ3v) is 7.98. The highest BCUT2D eigenvalue weighted by Gasteiger charge is 2.46. The fraction of sp³-hybridized carbons (Fsp3) is 0.176. The molecule has 0 spiro atoms. The maximum absolute atomic E-state index is 12.5. The molecule has 1 aromatic carbocycles. The van der Waals surface area contributed by atoms with E-state index in [9.17, 15) is 26.4 Å². The van der Waals surface area contributed by atoms with Gasteiger partial charge < -0.3 is 4.74 Å². The van der Waals surface area contributed by atoms with Crippen LogP contribution in [-0.4, -0.2) is 38.2 Å². The van der Waals surface area contributed by atoms with Crippen molar-refractivity contribution in [2.75, 3.05) is 18.1 Å². The van der Waals surface area contributed by atoms with Crippen LogP contribution < -0.4 is 4.72 Å². The van der Waals surface area contributed by atoms with Gasteiger partial charge in [-0.2, -0.15) is 21.6 Å². The summed E-state index contributed by atoms with van der Waals surface area (Å²) in [5.74, 6) is -0.435. The van der Waals surface area contributed by atoms with Crippen LogP contribution in [0.3, 0.4) is 0 Å². The minimum Gasteiger partial charge on any atom is -0.465 e. The number of hydrogen-bond donors (Lipinski definition) is 1. The number of thiophene rings is 1. The van der Waals surface area contributed by atoms with Crippen molar-refractivity contribution >= 4 is 56.1 Å². The molecule has 0 aliphatic carbocycles. The van der Waals surface area contributed by atoms with Crippen LogP contribution >= 0.6 is 34.4 Å². The van der Waals surface area contributed by atoms with E-state index in [-0.39, 0.29) is 5.69 Å². The topological polar surface area (TPSA) is 85.4 Å². The van der Waals surface area contributed by atoms with Gasteiger partial charge in [-0.15, -0.1) is 34.4 Å². The van der Waals surface area contributed by atoms with Crippen LogP contribution in [0, 0.1) is 0 Å². The van der Waals surface area contributed by atoms with E-state index in [1.807, 2.05) is 6.26 Å². The highest BCUT2D eigenvalue weighted by Crippen LogP contribution is 2.40. The summed E-state index contributed by atoms with van der Waals surface area (Å²) < 4.78 is 66.9. The van der Waals surface area contributed by atoms with Gasteiger partial charge in [0.05, 0.1) is 17.0 Å². The third-order valence-electron chi connectivity index (χ3n) is 3.74. The summed E-state index contributed by atoms with van der Waals surface area (Å²) in [5.41, 5.74) is -3.65. The number of carbonyl (C=O) groups is 1. The van der Waals surface area contributed by atoms with Crippen LogP contribution in [0.1, 0.15) is 9.67 Å². The smallest absolute Gasteiger partial charge is 0.465 e. The van der Waals surface area contributed by atoms with Crippen LogP contribution in [0.2, 0.25) is 0 Å². The van der Waals surface area contributed by atoms with Crippen molar-refractivity contribution in [2.45, 2.75) is 9.72 Å². The van der Waals surface area contributed by atoms with Gasteiger partial charge in [0.25, 0.3) is 0 Å². The zero-order valence-corrected chi connectivity index (χ0v) is 18.6. The molecule has 0 unspecified atom stereocenters. The second kappa shape index (κ2) is 8.57. The lowest BCUT2D eigenvalue weighted by atomic mass is 10.1. The normalized spacial score (nSPS) is 12.0. The zero-order valence-electron chi connectivity index (χ0n) is 15.3. The first-order valence-electron chi connectivity index (χ1n) is 7.97. The van der Waals surface area contributed by atoms with Gasteiger partial charge >= 0.3 is 21.5 Å². The largest absolute Gasteiger partial charge is 0.516 e. The number of carbonyl (C=O) groups excluding carboxylic acids is 1. The van der Waals surface area contributed by atoms with Gasteiger partial charge in [0.2, 0.25) is 0 Å². The van der Waals surface area contributed by atoms with Gasteiger partial charge in [-0.3, -0.25) is 4.72 Å². The molecule has 0 radical (unpaired) electrons. The first-order chi connectivity index (χ1) is 14.1. The van der Waals surface area contributed by atoms with Crippen LogP contribution in [-0.2, 0) is 14.8 Å². The molecule has 0 fully saturated rings. The highest BCUT2D eigenvalue weighted by atomic mass is 32.2. The number of aromatic nitrogens is 1. The lowest BCUT2D eigenvalue weighted by Gasteiger charge is -2.10. The van der Waals surface area contributed by atoms with Gasteiger partial charge in [-0.05, 0) is 24.5 Å². The fourth-order valence-corrected chi connectivity index (χ4v) is 5.66. The molecule has 3 rings (SSSR count). The van der Waals surface area contributed by atoms with E-state index >= 15 is 0 Å². The molecule has 0 aliphatic rings. The Hall–Kier alpha value is -2.09. The Kier molecular flexibility index (Phi) is 6.45. The number of sulfonamides is 1. The quantitative estimate of drug-likeness (QED) is 0.369. The molecule has 0 amide bonds. The Bertz CT molecular complexity index is 1170. The fourth-order valence-electron chi connectivity index (χ4n) is 2.33. The maximum Gasteiger partial charge on any atom is 0.516 e. The number of hydrogen-bond acceptors (Lipinski definition) is 8.